The normalized spacial score (nSPS) is 14.9. The fourth-order valence-electron chi connectivity index (χ4n) is 3.05. The maximum Gasteiger partial charge on any atom is 0.251 e. The fraction of sp³-hybridized carbons (Fsp3) is 0.600. The number of aliphatic imine (C=N–C) groups is 1. The van der Waals surface area contributed by atoms with Crippen LogP contribution in [-0.4, -0.2) is 63.2 Å². The molecular weight excluding hydrogens is 535 g/mol. The number of nitrogens with zero attached hydrogens (tertiary/aromatic N) is 2. The fourth-order valence-corrected chi connectivity index (χ4v) is 3.45. The first-order valence-electron chi connectivity index (χ1n) is 9.71. The Labute approximate surface area is 194 Å². The highest BCUT2D eigenvalue weighted by Crippen LogP contribution is 2.18. The molecule has 0 aromatic heterocycles. The van der Waals surface area contributed by atoms with E-state index in [1.165, 1.54) is 0 Å². The Morgan fingerprint density at radius 2 is 2.07 bits per heavy atom. The number of guanidine groups is 1. The largest absolute Gasteiger partial charge is 0.381 e. The zero-order valence-corrected chi connectivity index (χ0v) is 20.7. The van der Waals surface area contributed by atoms with E-state index >= 15 is 0 Å². The molecule has 0 atom stereocenters. The van der Waals surface area contributed by atoms with Crippen molar-refractivity contribution in [3.8, 4) is 0 Å². The molecule has 6 nitrogen and oxygen atoms in total. The summed E-state index contributed by atoms with van der Waals surface area (Å²) in [5, 5.41) is 6.25. The summed E-state index contributed by atoms with van der Waals surface area (Å²) in [6.07, 6.45) is 3.47. The van der Waals surface area contributed by atoms with Crippen molar-refractivity contribution < 1.29 is 9.53 Å². The Balaban J connectivity index is 0.00000392. The van der Waals surface area contributed by atoms with Crippen LogP contribution >= 0.6 is 39.9 Å². The molecule has 1 fully saturated rings. The third kappa shape index (κ3) is 9.09. The maximum atomic E-state index is 12.2. The standard InChI is InChI=1S/C20H31BrN4O2.HI/c1-3-22-20(25(2)12-7-16-8-13-27-14-9-16)24-11-10-23-19(26)17-5-4-6-18(21)15-17;/h4-6,15-16H,3,7-14H2,1-2H3,(H,22,24)(H,23,26);1H. The highest BCUT2D eigenvalue weighted by molar-refractivity contribution is 14.0. The first kappa shape index (κ1) is 25.2. The summed E-state index contributed by atoms with van der Waals surface area (Å²) in [7, 11) is 2.07. The predicted octanol–water partition coefficient (Wildman–Crippen LogP) is 3.51. The van der Waals surface area contributed by atoms with Crippen LogP contribution < -0.4 is 10.6 Å². The smallest absolute Gasteiger partial charge is 0.251 e. The average molecular weight is 567 g/mol. The molecule has 0 saturated carbocycles. The molecule has 0 radical (unpaired) electrons. The lowest BCUT2D eigenvalue weighted by molar-refractivity contribution is 0.0625. The van der Waals surface area contributed by atoms with Crippen LogP contribution in [0.5, 0.6) is 0 Å². The highest BCUT2D eigenvalue weighted by atomic mass is 127. The third-order valence-corrected chi connectivity index (χ3v) is 5.15. The summed E-state index contributed by atoms with van der Waals surface area (Å²) in [6.45, 7) is 6.70. The van der Waals surface area contributed by atoms with Gasteiger partial charge in [0.05, 0.1) is 6.54 Å². The molecule has 1 aliphatic heterocycles. The molecule has 8 heteroatoms. The summed E-state index contributed by atoms with van der Waals surface area (Å²) in [6, 6.07) is 7.37. The van der Waals surface area contributed by atoms with Gasteiger partial charge in [0.25, 0.3) is 5.91 Å². The molecule has 28 heavy (non-hydrogen) atoms. The van der Waals surface area contributed by atoms with Gasteiger partial charge in [0.15, 0.2) is 5.96 Å². The lowest BCUT2D eigenvalue weighted by Crippen LogP contribution is -2.40. The van der Waals surface area contributed by atoms with E-state index in [-0.39, 0.29) is 29.9 Å². The summed E-state index contributed by atoms with van der Waals surface area (Å²) in [5.74, 6) is 1.55. The number of ether oxygens (including phenoxy) is 1. The van der Waals surface area contributed by atoms with Crippen molar-refractivity contribution in [3.05, 3.63) is 34.3 Å². The van der Waals surface area contributed by atoms with Gasteiger partial charge in [-0.05, 0) is 50.3 Å². The first-order valence-corrected chi connectivity index (χ1v) is 10.5. The van der Waals surface area contributed by atoms with Gasteiger partial charge < -0.3 is 20.3 Å². The number of rotatable bonds is 8. The van der Waals surface area contributed by atoms with Gasteiger partial charge >= 0.3 is 0 Å². The number of benzene rings is 1. The summed E-state index contributed by atoms with van der Waals surface area (Å²) < 4.78 is 6.33. The van der Waals surface area contributed by atoms with E-state index in [0.29, 0.717) is 18.7 Å². The van der Waals surface area contributed by atoms with Gasteiger partial charge in [0.1, 0.15) is 0 Å². The molecule has 1 aromatic rings. The molecule has 2 rings (SSSR count). The summed E-state index contributed by atoms with van der Waals surface area (Å²) in [5.41, 5.74) is 0.647. The van der Waals surface area contributed by atoms with Crippen molar-refractivity contribution in [3.63, 3.8) is 0 Å². The second-order valence-electron chi connectivity index (χ2n) is 6.77. The number of halogens is 2. The first-order chi connectivity index (χ1) is 13.1. The van der Waals surface area contributed by atoms with E-state index in [1.807, 2.05) is 18.2 Å². The van der Waals surface area contributed by atoms with E-state index in [4.69, 9.17) is 4.74 Å². The highest BCUT2D eigenvalue weighted by Gasteiger charge is 2.15. The Hall–Kier alpha value is -0.870. The van der Waals surface area contributed by atoms with Crippen LogP contribution in [0.3, 0.4) is 0 Å². The summed E-state index contributed by atoms with van der Waals surface area (Å²) in [4.78, 5) is 19.0. The number of carbonyl (C=O) groups excluding carboxylic acids is 1. The lowest BCUT2D eigenvalue weighted by atomic mass is 9.96. The minimum Gasteiger partial charge on any atom is -0.381 e. The SMILES string of the molecule is CCNC(=NCCNC(=O)c1cccc(Br)c1)N(C)CCC1CCOCC1.I. The Bertz CT molecular complexity index is 624. The summed E-state index contributed by atoms with van der Waals surface area (Å²) >= 11 is 3.39. The van der Waals surface area contributed by atoms with Gasteiger partial charge in [-0.1, -0.05) is 22.0 Å². The minimum absolute atomic E-state index is 0. The van der Waals surface area contributed by atoms with E-state index in [0.717, 1.165) is 61.9 Å². The number of hydrogen-bond donors (Lipinski definition) is 2. The predicted molar refractivity (Wildman–Crippen MR) is 129 cm³/mol. The van der Waals surface area contributed by atoms with Crippen molar-refractivity contribution in [2.24, 2.45) is 10.9 Å². The van der Waals surface area contributed by atoms with E-state index in [2.05, 4.69) is 50.4 Å². The second-order valence-corrected chi connectivity index (χ2v) is 7.68. The third-order valence-electron chi connectivity index (χ3n) is 4.66. The topological polar surface area (TPSA) is 66.0 Å². The average Bonchev–Trinajstić information content (AvgIpc) is 2.69. The van der Waals surface area contributed by atoms with Crippen LogP contribution in [0.1, 0.15) is 36.5 Å². The monoisotopic (exact) mass is 566 g/mol. The minimum atomic E-state index is -0.0793. The molecule has 2 N–H and O–H groups in total. The van der Waals surface area contributed by atoms with Gasteiger partial charge in [-0.25, -0.2) is 0 Å². The number of nitrogens with one attached hydrogen (secondary N) is 2. The number of hydrogen-bond acceptors (Lipinski definition) is 3. The van der Waals surface area contributed by atoms with Crippen LogP contribution in [0.4, 0.5) is 0 Å². The van der Waals surface area contributed by atoms with Crippen LogP contribution in [0.2, 0.25) is 0 Å². The molecule has 1 amide bonds. The van der Waals surface area contributed by atoms with Gasteiger partial charge in [0.2, 0.25) is 0 Å². The Kier molecular flexibility index (Phi) is 12.7. The Morgan fingerprint density at radius 1 is 1.32 bits per heavy atom. The molecule has 0 aliphatic carbocycles. The molecule has 158 valence electrons. The van der Waals surface area contributed by atoms with Crippen molar-refractivity contribution in [2.75, 3.05) is 46.4 Å². The van der Waals surface area contributed by atoms with Crippen LogP contribution in [0, 0.1) is 5.92 Å². The molecule has 0 spiro atoms. The molecule has 1 aromatic carbocycles. The molecule has 0 bridgehead atoms. The Morgan fingerprint density at radius 3 is 2.75 bits per heavy atom. The number of amides is 1. The van der Waals surface area contributed by atoms with Crippen molar-refractivity contribution in [1.82, 2.24) is 15.5 Å². The zero-order chi connectivity index (χ0) is 19.5. The van der Waals surface area contributed by atoms with E-state index in [1.54, 1.807) is 6.07 Å². The lowest BCUT2D eigenvalue weighted by Gasteiger charge is -2.26. The van der Waals surface area contributed by atoms with E-state index < -0.39 is 0 Å². The zero-order valence-electron chi connectivity index (χ0n) is 16.7. The van der Waals surface area contributed by atoms with Crippen LogP contribution in [-0.2, 0) is 4.74 Å². The van der Waals surface area contributed by atoms with Crippen molar-refractivity contribution in [2.45, 2.75) is 26.2 Å². The van der Waals surface area contributed by atoms with Crippen LogP contribution in [0.25, 0.3) is 0 Å². The van der Waals surface area contributed by atoms with E-state index in [9.17, 15) is 4.79 Å². The van der Waals surface area contributed by atoms with Gasteiger partial charge in [-0.2, -0.15) is 0 Å². The van der Waals surface area contributed by atoms with Crippen molar-refractivity contribution >= 4 is 51.8 Å². The van der Waals surface area contributed by atoms with Crippen molar-refractivity contribution in [1.29, 1.82) is 0 Å². The van der Waals surface area contributed by atoms with Gasteiger partial charge in [-0.15, -0.1) is 24.0 Å². The number of carbonyl (C=O) groups is 1. The molecular formula is C20H32BrIN4O2. The molecule has 1 aliphatic rings. The van der Waals surface area contributed by atoms with Gasteiger partial charge in [0, 0.05) is 49.9 Å². The molecule has 1 saturated heterocycles. The van der Waals surface area contributed by atoms with Gasteiger partial charge in [-0.3, -0.25) is 9.79 Å². The maximum absolute atomic E-state index is 12.2. The molecule has 0 unspecified atom stereocenters. The quantitative estimate of drug-likeness (QED) is 0.219. The molecule has 1 heterocycles. The van der Waals surface area contributed by atoms with Crippen LogP contribution in [0.15, 0.2) is 33.7 Å². The second kappa shape index (κ2) is 14.2.